The first-order valence-corrected chi connectivity index (χ1v) is 5.04. The van der Waals surface area contributed by atoms with Gasteiger partial charge in [0.25, 0.3) is 0 Å². The van der Waals surface area contributed by atoms with Gasteiger partial charge in [0, 0.05) is 12.8 Å². The van der Waals surface area contributed by atoms with Crippen LogP contribution in [0.4, 0.5) is 0 Å². The van der Waals surface area contributed by atoms with E-state index in [4.69, 9.17) is 11.8 Å². The fourth-order valence-corrected chi connectivity index (χ4v) is 2.01. The molecule has 3 nitrogen and oxygen atoms in total. The summed E-state index contributed by atoms with van der Waals surface area (Å²) in [5.74, 6) is 1.52. The van der Waals surface area contributed by atoms with Crippen LogP contribution in [0.1, 0.15) is 32.1 Å². The molecule has 0 aromatic rings. The average molecular weight is 179 g/mol. The lowest BCUT2D eigenvalue weighted by molar-refractivity contribution is -0.534. The van der Waals surface area contributed by atoms with Gasteiger partial charge in [0.15, 0.2) is 0 Å². The molecule has 2 rings (SSSR count). The zero-order chi connectivity index (χ0) is 9.52. The van der Waals surface area contributed by atoms with Crippen molar-refractivity contribution in [2.75, 3.05) is 19.6 Å². The highest BCUT2D eigenvalue weighted by molar-refractivity contribution is 5.77. The number of hydrogen-bond donors (Lipinski definition) is 1. The molecule has 0 amide bonds. The summed E-state index contributed by atoms with van der Waals surface area (Å²) < 4.78 is 2.54. The van der Waals surface area contributed by atoms with Crippen molar-refractivity contribution in [1.29, 1.82) is 5.26 Å². The fourth-order valence-electron chi connectivity index (χ4n) is 2.01. The Labute approximate surface area is 80.1 Å². The SMILES string of the molecule is C1CCC2=[N+](CC1)CCCN2.[C-]#N. The van der Waals surface area contributed by atoms with Crippen molar-refractivity contribution in [1.82, 2.24) is 5.32 Å². The van der Waals surface area contributed by atoms with Gasteiger partial charge in [-0.2, -0.15) is 0 Å². The minimum Gasteiger partial charge on any atom is -0.512 e. The van der Waals surface area contributed by atoms with E-state index in [1.807, 2.05) is 0 Å². The number of nitrogens with one attached hydrogen (secondary N) is 1. The van der Waals surface area contributed by atoms with Crippen LogP contribution in [0, 0.1) is 11.8 Å². The summed E-state index contributed by atoms with van der Waals surface area (Å²) in [5.41, 5.74) is 0. The van der Waals surface area contributed by atoms with E-state index in [1.165, 1.54) is 57.6 Å². The second-order valence-corrected chi connectivity index (χ2v) is 3.52. The van der Waals surface area contributed by atoms with Gasteiger partial charge in [0.05, 0.1) is 19.6 Å². The molecule has 13 heavy (non-hydrogen) atoms. The van der Waals surface area contributed by atoms with Crippen LogP contribution in [0.2, 0.25) is 0 Å². The van der Waals surface area contributed by atoms with Gasteiger partial charge >= 0.3 is 0 Å². The third-order valence-electron chi connectivity index (χ3n) is 2.66. The third-order valence-corrected chi connectivity index (χ3v) is 2.66. The molecule has 0 unspecified atom stereocenters. The molecule has 3 heteroatoms. The Morgan fingerprint density at radius 3 is 2.69 bits per heavy atom. The topological polar surface area (TPSA) is 38.8 Å². The summed E-state index contributed by atoms with van der Waals surface area (Å²) in [5, 5.41) is 9.75. The molecule has 2 aliphatic heterocycles. The second kappa shape index (κ2) is 5.58. The molecule has 0 atom stereocenters. The normalized spacial score (nSPS) is 21.7. The lowest BCUT2D eigenvalue weighted by Gasteiger charge is -2.14. The molecule has 0 spiro atoms. The zero-order valence-corrected chi connectivity index (χ0v) is 8.05. The monoisotopic (exact) mass is 179 g/mol. The van der Waals surface area contributed by atoms with Crippen LogP contribution < -0.4 is 5.32 Å². The Hall–Kier alpha value is -1.04. The maximum absolute atomic E-state index is 6.25. The maximum atomic E-state index is 6.25. The Morgan fingerprint density at radius 2 is 1.85 bits per heavy atom. The Bertz CT molecular complexity index is 187. The van der Waals surface area contributed by atoms with Crippen molar-refractivity contribution in [3.05, 3.63) is 6.57 Å². The molecule has 0 aliphatic carbocycles. The summed E-state index contributed by atoms with van der Waals surface area (Å²) in [6.45, 7) is 8.54. The van der Waals surface area contributed by atoms with E-state index >= 15 is 0 Å². The first kappa shape index (κ1) is 10.0. The van der Waals surface area contributed by atoms with Crippen LogP contribution in [-0.4, -0.2) is 30.0 Å². The lowest BCUT2D eigenvalue weighted by atomic mass is 10.2. The summed E-state index contributed by atoms with van der Waals surface area (Å²) in [7, 11) is 0. The van der Waals surface area contributed by atoms with Crippen molar-refractivity contribution in [3.8, 4) is 0 Å². The maximum Gasteiger partial charge on any atom is 0.244 e. The predicted molar refractivity (Wildman–Crippen MR) is 51.1 cm³/mol. The molecule has 0 saturated carbocycles. The van der Waals surface area contributed by atoms with Crippen LogP contribution in [0.15, 0.2) is 0 Å². The molecular weight excluding hydrogens is 162 g/mol. The van der Waals surface area contributed by atoms with E-state index in [9.17, 15) is 0 Å². The van der Waals surface area contributed by atoms with E-state index in [1.54, 1.807) is 0 Å². The van der Waals surface area contributed by atoms with Crippen molar-refractivity contribution >= 4 is 5.84 Å². The molecule has 0 radical (unpaired) electrons. The van der Waals surface area contributed by atoms with E-state index in [0.717, 1.165) is 0 Å². The van der Waals surface area contributed by atoms with Crippen LogP contribution >= 0.6 is 0 Å². The van der Waals surface area contributed by atoms with Gasteiger partial charge in [-0.3, -0.25) is 9.89 Å². The molecule has 2 heterocycles. The highest BCUT2D eigenvalue weighted by atomic mass is 15.1. The number of amidine groups is 1. The highest BCUT2D eigenvalue weighted by Gasteiger charge is 2.19. The molecule has 0 aromatic heterocycles. The fraction of sp³-hybridized carbons (Fsp3) is 0.800. The van der Waals surface area contributed by atoms with Crippen LogP contribution in [0.5, 0.6) is 0 Å². The summed E-state index contributed by atoms with van der Waals surface area (Å²) in [6.07, 6.45) is 6.81. The summed E-state index contributed by atoms with van der Waals surface area (Å²) in [4.78, 5) is 0. The van der Waals surface area contributed by atoms with Gasteiger partial charge in [-0.15, -0.1) is 0 Å². The quantitative estimate of drug-likeness (QED) is 0.446. The number of nitrogens with zero attached hydrogens (tertiary/aromatic N) is 2. The molecular formula is C10H17N3. The summed E-state index contributed by atoms with van der Waals surface area (Å²) >= 11 is 0. The largest absolute Gasteiger partial charge is 0.512 e. The van der Waals surface area contributed by atoms with Crippen LogP contribution in [-0.2, 0) is 0 Å². The minimum absolute atomic E-state index is 1.20. The molecule has 1 N–H and O–H groups in total. The van der Waals surface area contributed by atoms with Crippen molar-refractivity contribution < 1.29 is 4.58 Å². The minimum atomic E-state index is 1.20. The Morgan fingerprint density at radius 1 is 1.08 bits per heavy atom. The van der Waals surface area contributed by atoms with Gasteiger partial charge < -0.3 is 11.8 Å². The van der Waals surface area contributed by atoms with Gasteiger partial charge in [-0.05, 0) is 19.3 Å². The lowest BCUT2D eigenvalue weighted by Crippen LogP contribution is -2.40. The van der Waals surface area contributed by atoms with Crippen LogP contribution in [0.3, 0.4) is 0 Å². The van der Waals surface area contributed by atoms with Gasteiger partial charge in [-0.1, -0.05) is 0 Å². The standard InChI is InChI=1S/C9H16N2.CN/c1-2-5-9-10-6-4-8-11(9)7-3-1;1-2/h1-8H2;/q;-1/p+1. The van der Waals surface area contributed by atoms with Gasteiger partial charge in [0.2, 0.25) is 5.84 Å². The first-order chi connectivity index (χ1) is 6.47. The predicted octanol–water partition coefficient (Wildman–Crippen LogP) is 1.06. The number of hydrogen-bond acceptors (Lipinski definition) is 2. The van der Waals surface area contributed by atoms with E-state index < -0.39 is 0 Å². The zero-order valence-electron chi connectivity index (χ0n) is 8.05. The van der Waals surface area contributed by atoms with Gasteiger partial charge in [-0.25, -0.2) is 0 Å². The summed E-state index contributed by atoms with van der Waals surface area (Å²) in [6, 6.07) is 0. The molecule has 0 saturated heterocycles. The first-order valence-electron chi connectivity index (χ1n) is 5.04. The van der Waals surface area contributed by atoms with Gasteiger partial charge in [0.1, 0.15) is 0 Å². The smallest absolute Gasteiger partial charge is 0.244 e. The molecule has 0 aromatic carbocycles. The van der Waals surface area contributed by atoms with Crippen molar-refractivity contribution in [2.45, 2.75) is 32.1 Å². The van der Waals surface area contributed by atoms with E-state index in [2.05, 4.69) is 9.89 Å². The second-order valence-electron chi connectivity index (χ2n) is 3.52. The third kappa shape index (κ3) is 2.73. The molecule has 2 aliphatic rings. The molecule has 0 fully saturated rings. The van der Waals surface area contributed by atoms with E-state index in [-0.39, 0.29) is 0 Å². The Kier molecular flexibility index (Phi) is 4.31. The molecule has 0 bridgehead atoms. The average Bonchev–Trinajstić information content (AvgIpc) is 2.45. The number of rotatable bonds is 0. The Balaban J connectivity index is 0.000000396. The van der Waals surface area contributed by atoms with E-state index in [0.29, 0.717) is 0 Å². The van der Waals surface area contributed by atoms with Crippen molar-refractivity contribution in [3.63, 3.8) is 0 Å². The van der Waals surface area contributed by atoms with Crippen LogP contribution in [0.25, 0.3) is 0 Å². The van der Waals surface area contributed by atoms with Crippen molar-refractivity contribution in [2.24, 2.45) is 0 Å². The highest BCUT2D eigenvalue weighted by Crippen LogP contribution is 2.08. The molecule has 72 valence electrons.